The summed E-state index contributed by atoms with van der Waals surface area (Å²) in [7, 11) is 0. The summed E-state index contributed by atoms with van der Waals surface area (Å²) < 4.78 is 5.58. The minimum Gasteiger partial charge on any atom is -0.374 e. The van der Waals surface area contributed by atoms with Gasteiger partial charge < -0.3 is 20.7 Å². The average Bonchev–Trinajstić information content (AvgIpc) is 2.62. The standard InChI is InChI=1S/C18H27N3O2/c22-18(20-13-17-12-19-10-11-23-17)21-16-8-6-15(7-9-16)14-4-2-1-3-5-14/h1-5,15-17,19H,6-13H2,(H2,20,21,22). The molecule has 0 bridgehead atoms. The van der Waals surface area contributed by atoms with E-state index >= 15 is 0 Å². The molecule has 1 aromatic rings. The first-order chi connectivity index (χ1) is 11.3. The zero-order valence-electron chi connectivity index (χ0n) is 13.6. The Labute approximate surface area is 138 Å². The second kappa shape index (κ2) is 8.31. The monoisotopic (exact) mass is 317 g/mol. The van der Waals surface area contributed by atoms with E-state index in [0.29, 0.717) is 18.5 Å². The molecule has 0 radical (unpaired) electrons. The Morgan fingerprint density at radius 1 is 1.17 bits per heavy atom. The molecular formula is C18H27N3O2. The van der Waals surface area contributed by atoms with Crippen molar-refractivity contribution in [1.29, 1.82) is 0 Å². The summed E-state index contributed by atoms with van der Waals surface area (Å²) in [6.07, 6.45) is 4.47. The highest BCUT2D eigenvalue weighted by molar-refractivity contribution is 5.74. The summed E-state index contributed by atoms with van der Waals surface area (Å²) in [4.78, 5) is 12.0. The Morgan fingerprint density at radius 2 is 1.96 bits per heavy atom. The van der Waals surface area contributed by atoms with Gasteiger partial charge in [0.05, 0.1) is 12.7 Å². The molecule has 1 aromatic carbocycles. The van der Waals surface area contributed by atoms with Crippen LogP contribution >= 0.6 is 0 Å². The zero-order chi connectivity index (χ0) is 15.9. The van der Waals surface area contributed by atoms with Crippen LogP contribution in [0.2, 0.25) is 0 Å². The van der Waals surface area contributed by atoms with Crippen molar-refractivity contribution in [3.8, 4) is 0 Å². The zero-order valence-corrected chi connectivity index (χ0v) is 13.6. The molecule has 3 N–H and O–H groups in total. The van der Waals surface area contributed by atoms with Gasteiger partial charge in [-0.1, -0.05) is 30.3 Å². The molecule has 1 heterocycles. The quantitative estimate of drug-likeness (QED) is 0.796. The third-order valence-corrected chi connectivity index (χ3v) is 4.83. The Kier molecular flexibility index (Phi) is 5.88. The number of amides is 2. The van der Waals surface area contributed by atoms with Crippen LogP contribution in [0, 0.1) is 0 Å². The van der Waals surface area contributed by atoms with Crippen molar-refractivity contribution in [2.24, 2.45) is 0 Å². The highest BCUT2D eigenvalue weighted by atomic mass is 16.5. The summed E-state index contributed by atoms with van der Waals surface area (Å²) in [6, 6.07) is 10.9. The summed E-state index contributed by atoms with van der Waals surface area (Å²) in [5, 5.41) is 9.30. The van der Waals surface area contributed by atoms with E-state index in [1.165, 1.54) is 5.56 Å². The molecule has 2 fully saturated rings. The summed E-state index contributed by atoms with van der Waals surface area (Å²) in [5.74, 6) is 0.638. The fraction of sp³-hybridized carbons (Fsp3) is 0.611. The largest absolute Gasteiger partial charge is 0.374 e. The van der Waals surface area contributed by atoms with Gasteiger partial charge in [-0.25, -0.2) is 4.79 Å². The van der Waals surface area contributed by atoms with E-state index < -0.39 is 0 Å². The maximum Gasteiger partial charge on any atom is 0.315 e. The molecule has 1 saturated carbocycles. The molecule has 1 atom stereocenters. The van der Waals surface area contributed by atoms with Gasteiger partial charge in [0.15, 0.2) is 0 Å². The first-order valence-corrected chi connectivity index (χ1v) is 8.73. The molecule has 0 spiro atoms. The summed E-state index contributed by atoms with van der Waals surface area (Å²) in [6.45, 7) is 2.99. The van der Waals surface area contributed by atoms with Crippen LogP contribution < -0.4 is 16.0 Å². The molecule has 23 heavy (non-hydrogen) atoms. The van der Waals surface area contributed by atoms with Crippen LogP contribution in [0.5, 0.6) is 0 Å². The third kappa shape index (κ3) is 4.94. The van der Waals surface area contributed by atoms with Crippen LogP contribution in [0.4, 0.5) is 4.79 Å². The first-order valence-electron chi connectivity index (χ1n) is 8.73. The van der Waals surface area contributed by atoms with Gasteiger partial charge in [0.2, 0.25) is 0 Å². The van der Waals surface area contributed by atoms with E-state index in [1.807, 2.05) is 0 Å². The minimum atomic E-state index is -0.0673. The molecule has 5 nitrogen and oxygen atoms in total. The van der Waals surface area contributed by atoms with Crippen molar-refractivity contribution in [1.82, 2.24) is 16.0 Å². The Hall–Kier alpha value is -1.59. The number of urea groups is 1. The molecular weight excluding hydrogens is 290 g/mol. The van der Waals surface area contributed by atoms with Crippen LogP contribution in [0.3, 0.4) is 0 Å². The third-order valence-electron chi connectivity index (χ3n) is 4.83. The topological polar surface area (TPSA) is 62.4 Å². The van der Waals surface area contributed by atoms with Crippen LogP contribution in [-0.4, -0.2) is 44.4 Å². The first kappa shape index (κ1) is 16.3. The lowest BCUT2D eigenvalue weighted by Crippen LogP contribution is -2.49. The van der Waals surface area contributed by atoms with Crippen molar-refractivity contribution in [2.75, 3.05) is 26.2 Å². The predicted molar refractivity (Wildman–Crippen MR) is 90.6 cm³/mol. The van der Waals surface area contributed by atoms with E-state index in [4.69, 9.17) is 4.74 Å². The van der Waals surface area contributed by atoms with Crippen LogP contribution in [0.15, 0.2) is 30.3 Å². The number of benzene rings is 1. The number of hydrogen-bond donors (Lipinski definition) is 3. The lowest BCUT2D eigenvalue weighted by atomic mass is 9.82. The molecule has 1 aliphatic carbocycles. The van der Waals surface area contributed by atoms with Gasteiger partial charge in [0.1, 0.15) is 0 Å². The normalized spacial score (nSPS) is 28.1. The van der Waals surface area contributed by atoms with Gasteiger partial charge in [0.25, 0.3) is 0 Å². The maximum absolute atomic E-state index is 12.0. The summed E-state index contributed by atoms with van der Waals surface area (Å²) >= 11 is 0. The van der Waals surface area contributed by atoms with Crippen molar-refractivity contribution < 1.29 is 9.53 Å². The van der Waals surface area contributed by atoms with Crippen LogP contribution in [0.1, 0.15) is 37.2 Å². The van der Waals surface area contributed by atoms with Gasteiger partial charge >= 0.3 is 6.03 Å². The minimum absolute atomic E-state index is 0.0673. The molecule has 5 heteroatoms. The number of morpholine rings is 1. The van der Waals surface area contributed by atoms with E-state index in [9.17, 15) is 4.79 Å². The number of nitrogens with one attached hydrogen (secondary N) is 3. The fourth-order valence-corrected chi connectivity index (χ4v) is 3.49. The van der Waals surface area contributed by atoms with Gasteiger partial charge in [-0.15, -0.1) is 0 Å². The van der Waals surface area contributed by atoms with Crippen molar-refractivity contribution in [3.63, 3.8) is 0 Å². The maximum atomic E-state index is 12.0. The average molecular weight is 317 g/mol. The SMILES string of the molecule is O=C(NCC1CNCCO1)NC1CCC(c2ccccc2)CC1. The fourth-order valence-electron chi connectivity index (χ4n) is 3.49. The van der Waals surface area contributed by atoms with E-state index in [1.54, 1.807) is 0 Å². The van der Waals surface area contributed by atoms with Gasteiger partial charge in [-0.3, -0.25) is 0 Å². The highest BCUT2D eigenvalue weighted by Crippen LogP contribution is 2.32. The van der Waals surface area contributed by atoms with E-state index in [-0.39, 0.29) is 12.1 Å². The molecule has 2 aliphatic rings. The van der Waals surface area contributed by atoms with E-state index in [0.717, 1.165) is 45.4 Å². The number of carbonyl (C=O) groups is 1. The Balaban J connectivity index is 1.36. The second-order valence-electron chi connectivity index (χ2n) is 6.51. The van der Waals surface area contributed by atoms with Gasteiger partial charge in [-0.2, -0.15) is 0 Å². The number of hydrogen-bond acceptors (Lipinski definition) is 3. The molecule has 1 aliphatic heterocycles. The van der Waals surface area contributed by atoms with Crippen LogP contribution in [-0.2, 0) is 4.74 Å². The lowest BCUT2D eigenvalue weighted by Gasteiger charge is -2.30. The molecule has 3 rings (SSSR count). The lowest BCUT2D eigenvalue weighted by molar-refractivity contribution is 0.0306. The number of rotatable bonds is 4. The summed E-state index contributed by atoms with van der Waals surface area (Å²) in [5.41, 5.74) is 1.43. The number of carbonyl (C=O) groups excluding carboxylic acids is 1. The van der Waals surface area contributed by atoms with Crippen molar-refractivity contribution in [3.05, 3.63) is 35.9 Å². The van der Waals surface area contributed by atoms with Gasteiger partial charge in [-0.05, 0) is 37.2 Å². The smallest absolute Gasteiger partial charge is 0.315 e. The number of ether oxygens (including phenoxy) is 1. The van der Waals surface area contributed by atoms with Crippen molar-refractivity contribution in [2.45, 2.75) is 43.7 Å². The van der Waals surface area contributed by atoms with Crippen LogP contribution in [0.25, 0.3) is 0 Å². The molecule has 126 valence electrons. The predicted octanol–water partition coefficient (Wildman–Crippen LogP) is 2.00. The Bertz CT molecular complexity index is 480. The van der Waals surface area contributed by atoms with Gasteiger partial charge in [0, 0.05) is 25.7 Å². The molecule has 0 aromatic heterocycles. The molecule has 1 unspecified atom stereocenters. The van der Waals surface area contributed by atoms with Crippen molar-refractivity contribution >= 4 is 6.03 Å². The second-order valence-corrected chi connectivity index (χ2v) is 6.51. The van der Waals surface area contributed by atoms with E-state index in [2.05, 4.69) is 46.3 Å². The Morgan fingerprint density at radius 3 is 2.65 bits per heavy atom. The molecule has 1 saturated heterocycles. The highest BCUT2D eigenvalue weighted by Gasteiger charge is 2.23. The molecule has 2 amide bonds.